The molecule has 33 heavy (non-hydrogen) atoms. The number of methoxy groups -OCH3 is 1. The fourth-order valence-electron chi connectivity index (χ4n) is 4.34. The monoisotopic (exact) mass is 455 g/mol. The number of pyridine rings is 1. The molecule has 164 valence electrons. The number of aromatic carboxylic acids is 1. The quantitative estimate of drug-likeness (QED) is 0.364. The van der Waals surface area contributed by atoms with Gasteiger partial charge >= 0.3 is 5.97 Å². The summed E-state index contributed by atoms with van der Waals surface area (Å²) in [5, 5.41) is 12.2. The number of carboxylic acids is 1. The molecule has 0 saturated heterocycles. The molecule has 0 unspecified atom stereocenters. The molecule has 0 radical (unpaired) electrons. The lowest BCUT2D eigenvalue weighted by molar-refractivity contribution is 0.0690. The van der Waals surface area contributed by atoms with E-state index in [9.17, 15) is 14.7 Å². The minimum atomic E-state index is -1.15. The van der Waals surface area contributed by atoms with Gasteiger partial charge in [-0.3, -0.25) is 9.20 Å². The van der Waals surface area contributed by atoms with Crippen molar-refractivity contribution in [1.29, 1.82) is 0 Å². The van der Waals surface area contributed by atoms with Gasteiger partial charge in [0, 0.05) is 18.1 Å². The number of benzene rings is 3. The van der Waals surface area contributed by atoms with E-state index in [-0.39, 0.29) is 11.3 Å². The summed E-state index contributed by atoms with van der Waals surface area (Å²) in [4.78, 5) is 26.5. The molecule has 5 nitrogen and oxygen atoms in total. The Kier molecular flexibility index (Phi) is 5.23. The molecule has 0 aliphatic rings. The maximum absolute atomic E-state index is 13.2. The summed E-state index contributed by atoms with van der Waals surface area (Å²) in [5.74, 6) is -0.627. The maximum atomic E-state index is 13.2. The lowest BCUT2D eigenvalue weighted by Gasteiger charge is -2.12. The smallest absolute Gasteiger partial charge is 0.354 e. The number of rotatable bonds is 5. The number of hydrogen-bond donors (Lipinski definition) is 1. The third-order valence-corrected chi connectivity index (χ3v) is 6.99. The molecule has 5 rings (SSSR count). The van der Waals surface area contributed by atoms with Gasteiger partial charge in [-0.05, 0) is 28.8 Å². The van der Waals surface area contributed by atoms with Crippen molar-refractivity contribution in [2.45, 2.75) is 13.3 Å². The second-order valence-corrected chi connectivity index (χ2v) is 8.95. The lowest BCUT2D eigenvalue weighted by atomic mass is 9.98. The number of aromatic nitrogens is 1. The minimum Gasteiger partial charge on any atom is -0.493 e. The predicted molar refractivity (Wildman–Crippen MR) is 132 cm³/mol. The van der Waals surface area contributed by atoms with Crippen molar-refractivity contribution in [3.63, 3.8) is 0 Å². The van der Waals surface area contributed by atoms with E-state index < -0.39 is 5.97 Å². The Hall–Kier alpha value is -3.90. The fourth-order valence-corrected chi connectivity index (χ4v) is 5.64. The molecule has 2 heterocycles. The van der Waals surface area contributed by atoms with Gasteiger partial charge in [0.05, 0.1) is 12.0 Å². The molecule has 0 amide bonds. The fraction of sp³-hybridized carbons (Fsp3) is 0.111. The highest BCUT2D eigenvalue weighted by Crippen LogP contribution is 2.39. The average Bonchev–Trinajstić information content (AvgIpc) is 3.21. The summed E-state index contributed by atoms with van der Waals surface area (Å²) >= 11 is 1.26. The van der Waals surface area contributed by atoms with Gasteiger partial charge in [0.15, 0.2) is 11.4 Å². The zero-order chi connectivity index (χ0) is 23.1. The van der Waals surface area contributed by atoms with Crippen LogP contribution in [-0.2, 0) is 6.42 Å². The van der Waals surface area contributed by atoms with Gasteiger partial charge in [0.2, 0.25) is 0 Å². The largest absolute Gasteiger partial charge is 0.493 e. The molecule has 0 aliphatic heterocycles. The van der Waals surface area contributed by atoms with Crippen LogP contribution in [0.2, 0.25) is 0 Å². The first-order valence-corrected chi connectivity index (χ1v) is 11.3. The van der Waals surface area contributed by atoms with Crippen LogP contribution in [0.5, 0.6) is 5.75 Å². The Morgan fingerprint density at radius 2 is 1.76 bits per heavy atom. The van der Waals surface area contributed by atoms with E-state index in [1.165, 1.54) is 21.8 Å². The highest BCUT2D eigenvalue weighted by molar-refractivity contribution is 7.21. The van der Waals surface area contributed by atoms with Crippen LogP contribution < -0.4 is 10.3 Å². The molecular formula is C27H21NO4S. The van der Waals surface area contributed by atoms with Gasteiger partial charge in [-0.25, -0.2) is 4.79 Å². The first-order chi connectivity index (χ1) is 16.0. The summed E-state index contributed by atoms with van der Waals surface area (Å²) < 4.78 is 7.02. The molecule has 5 aromatic rings. The normalized spacial score (nSPS) is 11.2. The van der Waals surface area contributed by atoms with E-state index in [1.54, 1.807) is 7.11 Å². The summed E-state index contributed by atoms with van der Waals surface area (Å²) in [7, 11) is 1.55. The molecule has 0 saturated carbocycles. The van der Waals surface area contributed by atoms with Crippen molar-refractivity contribution >= 4 is 32.9 Å². The van der Waals surface area contributed by atoms with Crippen molar-refractivity contribution in [3.8, 4) is 16.2 Å². The highest BCUT2D eigenvalue weighted by atomic mass is 32.1. The number of fused-ring (bicyclic) bond motifs is 2. The van der Waals surface area contributed by atoms with Crippen LogP contribution in [-0.4, -0.2) is 22.6 Å². The summed E-state index contributed by atoms with van der Waals surface area (Å²) in [5.41, 5.74) is 3.15. The van der Waals surface area contributed by atoms with Gasteiger partial charge in [-0.2, -0.15) is 0 Å². The van der Waals surface area contributed by atoms with E-state index >= 15 is 0 Å². The average molecular weight is 456 g/mol. The number of carboxylic acid groups (broad SMARTS) is 1. The van der Waals surface area contributed by atoms with E-state index in [2.05, 4.69) is 18.2 Å². The zero-order valence-corrected chi connectivity index (χ0v) is 19.0. The standard InChI is InChI=1S/C27H21NO4S/c1-16-7-5-11-19(13-16)25-23(27(30)31)28-22(29)15-20(24(32-2)26(28)33-25)14-18-10-6-9-17-8-3-4-12-21(17)18/h3-13,15H,14H2,1-2H3,(H,30,31). The number of thiazole rings is 1. The third-order valence-electron chi connectivity index (χ3n) is 5.79. The Morgan fingerprint density at radius 1 is 1.00 bits per heavy atom. The Morgan fingerprint density at radius 3 is 2.52 bits per heavy atom. The topological polar surface area (TPSA) is 68.0 Å². The lowest BCUT2D eigenvalue weighted by Crippen LogP contribution is -2.19. The summed E-state index contributed by atoms with van der Waals surface area (Å²) in [6.07, 6.45) is 0.496. The zero-order valence-electron chi connectivity index (χ0n) is 18.2. The van der Waals surface area contributed by atoms with Gasteiger partial charge < -0.3 is 9.84 Å². The molecule has 0 fully saturated rings. The van der Waals surface area contributed by atoms with Crippen molar-refractivity contribution < 1.29 is 14.6 Å². The predicted octanol–water partition coefficient (Wildman–Crippen LogP) is 5.79. The van der Waals surface area contributed by atoms with Crippen molar-refractivity contribution in [2.24, 2.45) is 0 Å². The van der Waals surface area contributed by atoms with Gasteiger partial charge in [-0.15, -0.1) is 11.3 Å². The SMILES string of the molecule is COc1c(Cc2cccc3ccccc23)cc(=O)n2c(C(=O)O)c(-c3cccc(C)c3)sc12. The van der Waals surface area contributed by atoms with Crippen LogP contribution in [0.15, 0.2) is 77.6 Å². The van der Waals surface area contributed by atoms with Crippen LogP contribution >= 0.6 is 11.3 Å². The van der Waals surface area contributed by atoms with Crippen LogP contribution in [0.25, 0.3) is 26.0 Å². The number of carbonyl (C=O) groups is 1. The molecule has 0 aliphatic carbocycles. The first kappa shape index (κ1) is 21.0. The highest BCUT2D eigenvalue weighted by Gasteiger charge is 2.25. The summed E-state index contributed by atoms with van der Waals surface area (Å²) in [6, 6.07) is 23.3. The Labute approximate surface area is 194 Å². The number of nitrogens with zero attached hydrogens (tertiary/aromatic N) is 1. The molecule has 3 aromatic carbocycles. The Balaban J connectivity index is 1.76. The Bertz CT molecular complexity index is 1590. The van der Waals surface area contributed by atoms with E-state index in [1.807, 2.05) is 55.5 Å². The molecule has 6 heteroatoms. The van der Waals surface area contributed by atoms with Gasteiger partial charge in [0.25, 0.3) is 5.56 Å². The van der Waals surface area contributed by atoms with Crippen molar-refractivity contribution in [1.82, 2.24) is 4.40 Å². The molecule has 0 atom stereocenters. The number of hydrogen-bond acceptors (Lipinski definition) is 4. The minimum absolute atomic E-state index is 0.0411. The van der Waals surface area contributed by atoms with Crippen LogP contribution in [0, 0.1) is 6.92 Å². The van der Waals surface area contributed by atoms with Crippen LogP contribution in [0.3, 0.4) is 0 Å². The van der Waals surface area contributed by atoms with Crippen molar-refractivity contribution in [2.75, 3.05) is 7.11 Å². The van der Waals surface area contributed by atoms with E-state index in [0.29, 0.717) is 21.9 Å². The number of ether oxygens (including phenoxy) is 1. The molecule has 0 bridgehead atoms. The van der Waals surface area contributed by atoms with E-state index in [0.717, 1.165) is 33.0 Å². The van der Waals surface area contributed by atoms with Crippen LogP contribution in [0.4, 0.5) is 0 Å². The summed E-state index contributed by atoms with van der Waals surface area (Å²) in [6.45, 7) is 1.95. The van der Waals surface area contributed by atoms with Crippen LogP contribution in [0.1, 0.15) is 27.2 Å². The molecule has 1 N–H and O–H groups in total. The number of aryl methyl sites for hydroxylation is 1. The molecular weight excluding hydrogens is 434 g/mol. The van der Waals surface area contributed by atoms with Crippen molar-refractivity contribution in [3.05, 3.63) is 106 Å². The first-order valence-electron chi connectivity index (χ1n) is 10.5. The van der Waals surface area contributed by atoms with Gasteiger partial charge in [-0.1, -0.05) is 72.3 Å². The molecule has 0 spiro atoms. The van der Waals surface area contributed by atoms with Gasteiger partial charge in [0.1, 0.15) is 4.83 Å². The second kappa shape index (κ2) is 8.22. The third kappa shape index (κ3) is 3.58. The maximum Gasteiger partial charge on any atom is 0.354 e. The second-order valence-electron chi connectivity index (χ2n) is 7.95. The molecule has 2 aromatic heterocycles. The van der Waals surface area contributed by atoms with E-state index in [4.69, 9.17) is 4.74 Å².